The van der Waals surface area contributed by atoms with Gasteiger partial charge in [0.1, 0.15) is 12.4 Å². The average molecular weight is 455 g/mol. The van der Waals surface area contributed by atoms with E-state index in [1.165, 1.54) is 24.4 Å². The first-order valence-corrected chi connectivity index (χ1v) is 10.4. The van der Waals surface area contributed by atoms with Crippen LogP contribution in [-0.2, 0) is 12.1 Å². The molecule has 0 fully saturated rings. The number of alkyl halides is 3. The molecule has 0 saturated carbocycles. The van der Waals surface area contributed by atoms with Crippen LogP contribution in [0.2, 0.25) is 0 Å². The Hall–Kier alpha value is -3.36. The van der Waals surface area contributed by atoms with Crippen LogP contribution in [-0.4, -0.2) is 46.7 Å². The first-order valence-electron chi connectivity index (χ1n) is 10.4. The minimum absolute atomic E-state index is 0.298. The summed E-state index contributed by atoms with van der Waals surface area (Å²) in [6.07, 6.45) is -3.47. The second kappa shape index (κ2) is 8.88. The largest absolute Gasteiger partial charge is 0.490 e. The molecule has 4 rings (SSSR count). The van der Waals surface area contributed by atoms with Gasteiger partial charge in [-0.3, -0.25) is 0 Å². The third-order valence-corrected chi connectivity index (χ3v) is 5.41. The quantitative estimate of drug-likeness (QED) is 0.430. The van der Waals surface area contributed by atoms with E-state index in [2.05, 4.69) is 5.10 Å². The number of hydrogen-bond donors (Lipinski definition) is 1. The van der Waals surface area contributed by atoms with Gasteiger partial charge >= 0.3 is 6.18 Å². The normalized spacial score (nSPS) is 13.9. The lowest BCUT2D eigenvalue weighted by Crippen LogP contribution is -2.47. The monoisotopic (exact) mass is 455 g/mol. The number of ether oxygens (including phenoxy) is 1. The summed E-state index contributed by atoms with van der Waals surface area (Å²) in [7, 11) is 3.71. The average Bonchev–Trinajstić information content (AvgIpc) is 3.21. The standard InChI is InChI=1S/C25H24F3N3O2/c1-30(2)16-18-8-6-7-11-23(18)33-17-24(32,25(26,27)28)20-12-13-22-19(14-20)15-29-31(22)21-9-4-3-5-10-21/h3-15,32H,16-17H2,1-2H3. The summed E-state index contributed by atoms with van der Waals surface area (Å²) in [4.78, 5) is 1.89. The van der Waals surface area contributed by atoms with Gasteiger partial charge in [-0.2, -0.15) is 18.3 Å². The highest BCUT2D eigenvalue weighted by molar-refractivity contribution is 5.81. The maximum absolute atomic E-state index is 14.1. The van der Waals surface area contributed by atoms with Gasteiger partial charge < -0.3 is 14.7 Å². The van der Waals surface area contributed by atoms with E-state index < -0.39 is 18.4 Å². The summed E-state index contributed by atoms with van der Waals surface area (Å²) in [6.45, 7) is -0.482. The highest BCUT2D eigenvalue weighted by Crippen LogP contribution is 2.40. The number of hydrogen-bond acceptors (Lipinski definition) is 4. The van der Waals surface area contributed by atoms with Gasteiger partial charge in [-0.25, -0.2) is 4.68 Å². The molecular formula is C25H24F3N3O2. The number of nitrogens with zero attached hydrogens (tertiary/aromatic N) is 3. The SMILES string of the molecule is CN(C)Cc1ccccc1OCC(O)(c1ccc2c(cnn2-c2ccccc2)c1)C(F)(F)F. The second-order valence-corrected chi connectivity index (χ2v) is 8.16. The molecule has 1 heterocycles. The molecule has 3 aromatic carbocycles. The van der Waals surface area contributed by atoms with Gasteiger partial charge in [0.05, 0.1) is 17.4 Å². The summed E-state index contributed by atoms with van der Waals surface area (Å²) < 4.78 is 49.5. The molecule has 172 valence electrons. The zero-order chi connectivity index (χ0) is 23.6. The van der Waals surface area contributed by atoms with Crippen LogP contribution in [0.5, 0.6) is 5.75 Å². The lowest BCUT2D eigenvalue weighted by molar-refractivity contribution is -0.275. The molecule has 0 aliphatic rings. The third-order valence-electron chi connectivity index (χ3n) is 5.41. The Labute approximate surface area is 189 Å². The van der Waals surface area contributed by atoms with Gasteiger partial charge in [0.2, 0.25) is 5.60 Å². The number of halogens is 3. The molecule has 1 unspecified atom stereocenters. The molecule has 0 spiro atoms. The fraction of sp³-hybridized carbons (Fsp3) is 0.240. The van der Waals surface area contributed by atoms with E-state index in [0.29, 0.717) is 23.2 Å². The van der Waals surface area contributed by atoms with Crippen molar-refractivity contribution in [2.24, 2.45) is 0 Å². The number of aliphatic hydroxyl groups is 1. The smallest absolute Gasteiger partial charge is 0.424 e. The fourth-order valence-corrected chi connectivity index (χ4v) is 3.69. The van der Waals surface area contributed by atoms with Crippen LogP contribution >= 0.6 is 0 Å². The molecular weight excluding hydrogens is 431 g/mol. The Morgan fingerprint density at radius 1 is 0.970 bits per heavy atom. The number of rotatable bonds is 7. The van der Waals surface area contributed by atoms with Crippen molar-refractivity contribution < 1.29 is 23.0 Å². The zero-order valence-electron chi connectivity index (χ0n) is 18.3. The maximum Gasteiger partial charge on any atom is 0.424 e. The molecule has 1 atom stereocenters. The van der Waals surface area contributed by atoms with Crippen molar-refractivity contribution in [1.29, 1.82) is 0 Å². The maximum atomic E-state index is 14.1. The summed E-state index contributed by atoms with van der Waals surface area (Å²) >= 11 is 0. The lowest BCUT2D eigenvalue weighted by Gasteiger charge is -2.31. The van der Waals surface area contributed by atoms with Crippen LogP contribution in [0.25, 0.3) is 16.6 Å². The summed E-state index contributed by atoms with van der Waals surface area (Å²) in [6, 6.07) is 20.2. The topological polar surface area (TPSA) is 50.5 Å². The number of fused-ring (bicyclic) bond motifs is 1. The molecule has 33 heavy (non-hydrogen) atoms. The van der Waals surface area contributed by atoms with Crippen LogP contribution in [0.3, 0.4) is 0 Å². The molecule has 0 amide bonds. The van der Waals surface area contributed by atoms with Gasteiger partial charge in [-0.1, -0.05) is 42.5 Å². The first kappa shape index (κ1) is 22.8. The second-order valence-electron chi connectivity index (χ2n) is 8.16. The van der Waals surface area contributed by atoms with E-state index >= 15 is 0 Å². The van der Waals surface area contributed by atoms with Crippen molar-refractivity contribution >= 4 is 10.9 Å². The van der Waals surface area contributed by atoms with Crippen LogP contribution in [0.4, 0.5) is 13.2 Å². The van der Waals surface area contributed by atoms with Gasteiger partial charge in [0.15, 0.2) is 0 Å². The molecule has 4 aromatic rings. The number of para-hydroxylation sites is 2. The molecule has 1 N–H and O–H groups in total. The summed E-state index contributed by atoms with van der Waals surface area (Å²) in [5.41, 5.74) is -1.35. The molecule has 8 heteroatoms. The minimum atomic E-state index is -4.95. The van der Waals surface area contributed by atoms with Crippen molar-refractivity contribution in [3.8, 4) is 11.4 Å². The van der Waals surface area contributed by atoms with E-state index in [0.717, 1.165) is 11.3 Å². The van der Waals surface area contributed by atoms with E-state index in [9.17, 15) is 18.3 Å². The molecule has 5 nitrogen and oxygen atoms in total. The molecule has 0 aliphatic heterocycles. The van der Waals surface area contributed by atoms with Crippen molar-refractivity contribution in [1.82, 2.24) is 14.7 Å². The highest BCUT2D eigenvalue weighted by Gasteiger charge is 2.56. The van der Waals surface area contributed by atoms with E-state index in [1.807, 2.05) is 49.3 Å². The van der Waals surface area contributed by atoms with Gasteiger partial charge in [0.25, 0.3) is 0 Å². The minimum Gasteiger partial charge on any atom is -0.490 e. The number of benzene rings is 3. The lowest BCUT2D eigenvalue weighted by atomic mass is 9.93. The summed E-state index contributed by atoms with van der Waals surface area (Å²) in [5, 5.41) is 15.6. The van der Waals surface area contributed by atoms with E-state index in [1.54, 1.807) is 28.9 Å². The Bertz CT molecular complexity index is 1240. The Morgan fingerprint density at radius 2 is 1.67 bits per heavy atom. The Morgan fingerprint density at radius 3 is 2.36 bits per heavy atom. The Balaban J connectivity index is 1.68. The molecule has 0 radical (unpaired) electrons. The van der Waals surface area contributed by atoms with E-state index in [-0.39, 0.29) is 5.56 Å². The Kier molecular flexibility index (Phi) is 6.14. The predicted octanol–water partition coefficient (Wildman–Crippen LogP) is 4.92. The fourth-order valence-electron chi connectivity index (χ4n) is 3.69. The van der Waals surface area contributed by atoms with Crippen molar-refractivity contribution in [3.05, 3.63) is 90.1 Å². The van der Waals surface area contributed by atoms with Crippen LogP contribution < -0.4 is 4.74 Å². The summed E-state index contributed by atoms with van der Waals surface area (Å²) in [5.74, 6) is 0.298. The molecule has 0 saturated heterocycles. The van der Waals surface area contributed by atoms with Gasteiger partial charge in [0, 0.05) is 17.5 Å². The van der Waals surface area contributed by atoms with E-state index in [4.69, 9.17) is 4.74 Å². The van der Waals surface area contributed by atoms with Crippen molar-refractivity contribution in [2.75, 3.05) is 20.7 Å². The highest BCUT2D eigenvalue weighted by atomic mass is 19.4. The van der Waals surface area contributed by atoms with Crippen LogP contribution in [0, 0.1) is 0 Å². The first-order chi connectivity index (χ1) is 15.7. The van der Waals surface area contributed by atoms with Crippen molar-refractivity contribution in [3.63, 3.8) is 0 Å². The molecule has 0 aliphatic carbocycles. The number of aromatic nitrogens is 2. The zero-order valence-corrected chi connectivity index (χ0v) is 18.3. The van der Waals surface area contributed by atoms with Gasteiger partial charge in [-0.15, -0.1) is 0 Å². The molecule has 0 bridgehead atoms. The van der Waals surface area contributed by atoms with Crippen molar-refractivity contribution in [2.45, 2.75) is 18.3 Å². The predicted molar refractivity (Wildman–Crippen MR) is 120 cm³/mol. The van der Waals surface area contributed by atoms with Crippen LogP contribution in [0.15, 0.2) is 79.0 Å². The molecule has 1 aromatic heterocycles. The van der Waals surface area contributed by atoms with Gasteiger partial charge in [-0.05, 0) is 50.0 Å². The third kappa shape index (κ3) is 4.58. The van der Waals surface area contributed by atoms with Crippen LogP contribution in [0.1, 0.15) is 11.1 Å².